The van der Waals surface area contributed by atoms with Crippen LogP contribution < -0.4 is 9.80 Å². The van der Waals surface area contributed by atoms with Crippen LogP contribution in [0.3, 0.4) is 0 Å². The van der Waals surface area contributed by atoms with Crippen molar-refractivity contribution in [3.63, 3.8) is 0 Å². The maximum atomic E-state index is 9.09. The first-order chi connectivity index (χ1) is 26.5. The van der Waals surface area contributed by atoms with Crippen molar-refractivity contribution in [3.05, 3.63) is 174 Å². The molecule has 0 fully saturated rings. The van der Waals surface area contributed by atoms with Crippen molar-refractivity contribution in [2.75, 3.05) is 16.8 Å². The largest absolute Gasteiger partial charge is 0.504 e. The summed E-state index contributed by atoms with van der Waals surface area (Å²) in [5.74, 6) is 0. The molecule has 3 heterocycles. The van der Waals surface area contributed by atoms with Crippen molar-refractivity contribution >= 4 is 22.7 Å². The molecule has 0 N–H and O–H groups in total. The molecule has 0 saturated heterocycles. The number of rotatable bonds is 12. The van der Waals surface area contributed by atoms with E-state index in [2.05, 4.69) is 121 Å². The second-order valence-corrected chi connectivity index (χ2v) is 13.4. The minimum Gasteiger partial charge on any atom is -0.504 e. The normalized spacial score (nSPS) is 11.4. The van der Waals surface area contributed by atoms with Crippen molar-refractivity contribution < 1.29 is 20.1 Å². The van der Waals surface area contributed by atoms with Gasteiger partial charge in [-0.2, -0.15) is 41.8 Å². The number of hydrogen-bond acceptors (Lipinski definition) is 5. The Hall–Kier alpha value is -5.59. The average Bonchev–Trinajstić information content (AvgIpc) is 3.56. The maximum absolute atomic E-state index is 9.09. The third-order valence-corrected chi connectivity index (χ3v) is 9.25. The molecule has 0 saturated carbocycles. The van der Waals surface area contributed by atoms with Crippen molar-refractivity contribution in [2.24, 2.45) is 0 Å². The Morgan fingerprint density at radius 3 is 1.84 bits per heavy atom. The van der Waals surface area contributed by atoms with Gasteiger partial charge in [0.25, 0.3) is 0 Å². The molecule has 4 aromatic carbocycles. The molecular formula is C48H44IrN6-4. The maximum Gasteiger partial charge on any atom is 0.235 e. The molecule has 2 aromatic heterocycles. The summed E-state index contributed by atoms with van der Waals surface area (Å²) in [4.78, 5) is 17.6. The summed E-state index contributed by atoms with van der Waals surface area (Å²) in [6, 6.07) is 48.0. The molecule has 1 aliphatic heterocycles. The minimum atomic E-state index is 0. The van der Waals surface area contributed by atoms with Gasteiger partial charge in [-0.3, -0.25) is 0 Å². The molecule has 1 radical (unpaired) electrons. The average molecular weight is 897 g/mol. The van der Waals surface area contributed by atoms with Crippen LogP contribution in [0.5, 0.6) is 0 Å². The summed E-state index contributed by atoms with van der Waals surface area (Å²) >= 11 is 0. The van der Waals surface area contributed by atoms with Gasteiger partial charge in [0.2, 0.25) is 5.69 Å². The summed E-state index contributed by atoms with van der Waals surface area (Å²) < 4.78 is 0. The van der Waals surface area contributed by atoms with Crippen molar-refractivity contribution in [1.29, 1.82) is 5.26 Å². The van der Waals surface area contributed by atoms with E-state index < -0.39 is 0 Å². The molecule has 6 nitrogen and oxygen atoms in total. The topological polar surface area (TPSA) is 60.4 Å². The van der Waals surface area contributed by atoms with Gasteiger partial charge in [0.15, 0.2) is 0 Å². The third kappa shape index (κ3) is 10.8. The first kappa shape index (κ1) is 40.6. The van der Waals surface area contributed by atoms with Gasteiger partial charge in [0.05, 0.1) is 0 Å². The zero-order chi connectivity index (χ0) is 37.7. The zero-order valence-electron chi connectivity index (χ0n) is 31.6. The van der Waals surface area contributed by atoms with Crippen LogP contribution in [0, 0.1) is 42.8 Å². The molecule has 55 heavy (non-hydrogen) atoms. The summed E-state index contributed by atoms with van der Waals surface area (Å²) in [6.45, 7) is 13.6. The molecule has 0 amide bonds. The Bertz CT molecular complexity index is 2110. The number of aryl methyl sites for hydroxylation is 4. The number of unbranched alkanes of at least 4 members (excludes halogenated alkanes) is 1. The summed E-state index contributed by atoms with van der Waals surface area (Å²) in [6.07, 6.45) is 8.09. The van der Waals surface area contributed by atoms with Crippen LogP contribution in [0.4, 0.5) is 22.7 Å². The Balaban J connectivity index is 0.000000283. The second kappa shape index (κ2) is 20.2. The molecule has 1 aliphatic rings. The first-order valence-electron chi connectivity index (χ1n) is 18.7. The smallest absolute Gasteiger partial charge is 0.235 e. The molecule has 0 unspecified atom stereocenters. The van der Waals surface area contributed by atoms with Crippen LogP contribution in [0.15, 0.2) is 109 Å². The second-order valence-electron chi connectivity index (χ2n) is 13.4. The predicted molar refractivity (Wildman–Crippen MR) is 219 cm³/mol. The first-order valence-corrected chi connectivity index (χ1v) is 18.7. The fourth-order valence-corrected chi connectivity index (χ4v) is 6.60. The van der Waals surface area contributed by atoms with E-state index in [4.69, 9.17) is 21.8 Å². The van der Waals surface area contributed by atoms with Gasteiger partial charge < -0.3 is 19.8 Å². The number of para-hydroxylation sites is 3. The Morgan fingerprint density at radius 2 is 1.33 bits per heavy atom. The molecule has 0 bridgehead atoms. The van der Waals surface area contributed by atoms with Gasteiger partial charge >= 0.3 is 0 Å². The Labute approximate surface area is 340 Å². The Kier molecular flexibility index (Phi) is 14.9. The number of aromatic nitrogens is 2. The number of hydrogen-bond donors (Lipinski definition) is 0. The van der Waals surface area contributed by atoms with E-state index >= 15 is 0 Å². The SMILES string of the molecule is CN1[CH-]N(c2[c-]cccc2)c2ccccc21.[C-]#[N+]c1c[c-]c(-c2cc(CCC)cc(CCCCc3cc(CCC)cc(-c4[c-]cc(C#N)cc4)n3)n2)cc1.[Ir]. The van der Waals surface area contributed by atoms with Crippen LogP contribution in [-0.4, -0.2) is 17.0 Å². The van der Waals surface area contributed by atoms with Crippen LogP contribution in [-0.2, 0) is 45.8 Å². The van der Waals surface area contributed by atoms with E-state index in [1.807, 2.05) is 42.5 Å². The summed E-state index contributed by atoms with van der Waals surface area (Å²) in [7, 11) is 2.06. The van der Waals surface area contributed by atoms with Gasteiger partial charge in [-0.15, -0.1) is 53.2 Å². The van der Waals surface area contributed by atoms with E-state index in [1.165, 1.54) is 22.5 Å². The summed E-state index contributed by atoms with van der Waals surface area (Å²) in [5, 5.41) is 9.09. The molecular weight excluding hydrogens is 853 g/mol. The van der Waals surface area contributed by atoms with Gasteiger partial charge in [0.1, 0.15) is 6.57 Å². The fourth-order valence-electron chi connectivity index (χ4n) is 6.60. The van der Waals surface area contributed by atoms with Crippen LogP contribution in [0.2, 0.25) is 0 Å². The number of nitriles is 1. The number of benzene rings is 4. The van der Waals surface area contributed by atoms with Crippen LogP contribution >= 0.6 is 0 Å². The monoisotopic (exact) mass is 897 g/mol. The van der Waals surface area contributed by atoms with Gasteiger partial charge in [-0.05, 0) is 86.8 Å². The zero-order valence-corrected chi connectivity index (χ0v) is 34.0. The molecule has 279 valence electrons. The van der Waals surface area contributed by atoms with Crippen molar-refractivity contribution in [3.8, 4) is 28.6 Å². The van der Waals surface area contributed by atoms with E-state index in [0.717, 1.165) is 91.0 Å². The molecule has 0 spiro atoms. The standard InChI is InChI=1S/C34H32N4.C14H12N2.Ir/c1-4-8-26-20-31(37-33(22-26)28-14-12-25(24-35)13-15-28)10-6-7-11-32-21-27(9-5-2)23-34(38-32)29-16-18-30(36-3)19-17-29;1-15-11-16(12-7-3-2-4-8-12)14-10-6-5-9-13(14)15;/h12-14,16,18-23H,4-11H2,1-2H3;2-7,9-11H,1H3;/q2*-2;. The number of pyridine rings is 2. The van der Waals surface area contributed by atoms with Crippen LogP contribution in [0.25, 0.3) is 27.4 Å². The molecule has 0 aliphatic carbocycles. The predicted octanol–water partition coefficient (Wildman–Crippen LogP) is 11.5. The number of nitrogens with zero attached hydrogens (tertiary/aromatic N) is 6. The van der Waals surface area contributed by atoms with Crippen LogP contribution in [0.1, 0.15) is 67.6 Å². The van der Waals surface area contributed by atoms with E-state index in [0.29, 0.717) is 11.3 Å². The molecule has 7 heteroatoms. The van der Waals surface area contributed by atoms with E-state index in [9.17, 15) is 0 Å². The van der Waals surface area contributed by atoms with Gasteiger partial charge in [-0.25, -0.2) is 5.26 Å². The molecule has 0 atom stereocenters. The quantitative estimate of drug-likeness (QED) is 0.0905. The van der Waals surface area contributed by atoms with E-state index in [1.54, 1.807) is 12.1 Å². The fraction of sp³-hybridized carbons (Fsp3) is 0.229. The van der Waals surface area contributed by atoms with Gasteiger partial charge in [0, 0.05) is 48.9 Å². The van der Waals surface area contributed by atoms with Gasteiger partial charge in [-0.1, -0.05) is 74.2 Å². The Morgan fingerprint density at radius 1 is 0.727 bits per heavy atom. The molecule has 7 rings (SSSR count). The number of anilines is 3. The number of fused-ring (bicyclic) bond motifs is 1. The van der Waals surface area contributed by atoms with Crippen molar-refractivity contribution in [2.45, 2.75) is 65.2 Å². The molecule has 6 aromatic rings. The third-order valence-electron chi connectivity index (χ3n) is 9.25. The minimum absolute atomic E-state index is 0. The summed E-state index contributed by atoms with van der Waals surface area (Å²) in [5.41, 5.74) is 13.2. The van der Waals surface area contributed by atoms with E-state index in [-0.39, 0.29) is 20.1 Å². The van der Waals surface area contributed by atoms with Crippen molar-refractivity contribution in [1.82, 2.24) is 9.97 Å².